The lowest BCUT2D eigenvalue weighted by Crippen LogP contribution is -2.44. The van der Waals surface area contributed by atoms with Gasteiger partial charge in [-0.1, -0.05) is 23.7 Å². The smallest absolute Gasteiger partial charge is 0.252 e. The molecular formula is C19H19BrClFN2O. The molecule has 0 aliphatic carbocycles. The molecular weight excluding hydrogens is 407 g/mol. The van der Waals surface area contributed by atoms with Gasteiger partial charge >= 0.3 is 0 Å². The summed E-state index contributed by atoms with van der Waals surface area (Å²) in [6.45, 7) is 2.75. The van der Waals surface area contributed by atoms with Crippen molar-refractivity contribution >= 4 is 33.4 Å². The van der Waals surface area contributed by atoms with Crippen molar-refractivity contribution < 1.29 is 9.18 Å². The summed E-state index contributed by atoms with van der Waals surface area (Å²) in [4.78, 5) is 14.7. The highest BCUT2D eigenvalue weighted by Crippen LogP contribution is 2.20. The Morgan fingerprint density at radius 3 is 2.52 bits per heavy atom. The Hall–Kier alpha value is -1.43. The topological polar surface area (TPSA) is 32.3 Å². The van der Waals surface area contributed by atoms with Crippen LogP contribution in [0.4, 0.5) is 4.39 Å². The van der Waals surface area contributed by atoms with E-state index >= 15 is 0 Å². The zero-order valence-corrected chi connectivity index (χ0v) is 16.0. The molecule has 1 heterocycles. The summed E-state index contributed by atoms with van der Waals surface area (Å²) in [7, 11) is 0. The second kappa shape index (κ2) is 8.30. The normalized spacial score (nSPS) is 16.0. The van der Waals surface area contributed by atoms with Crippen LogP contribution in [0.1, 0.15) is 28.8 Å². The number of carbonyl (C=O) groups is 1. The van der Waals surface area contributed by atoms with Crippen molar-refractivity contribution in [2.75, 3.05) is 13.1 Å². The molecule has 1 fully saturated rings. The third-order valence-corrected chi connectivity index (χ3v) is 5.33. The van der Waals surface area contributed by atoms with Crippen LogP contribution in [0.25, 0.3) is 0 Å². The SMILES string of the molecule is O=C(NC1CCN(Cc2ccc(Cl)cc2)CC1)c1ccc(F)cc1Br. The van der Waals surface area contributed by atoms with E-state index in [2.05, 4.69) is 26.1 Å². The van der Waals surface area contributed by atoms with Gasteiger partial charge in [0.1, 0.15) is 5.82 Å². The zero-order chi connectivity index (χ0) is 17.8. The molecule has 132 valence electrons. The van der Waals surface area contributed by atoms with Crippen LogP contribution in [-0.4, -0.2) is 29.9 Å². The highest BCUT2D eigenvalue weighted by molar-refractivity contribution is 9.10. The maximum atomic E-state index is 13.1. The lowest BCUT2D eigenvalue weighted by Gasteiger charge is -2.32. The molecule has 0 atom stereocenters. The predicted octanol–water partition coefficient (Wildman–Crippen LogP) is 4.64. The Morgan fingerprint density at radius 1 is 1.20 bits per heavy atom. The summed E-state index contributed by atoms with van der Waals surface area (Å²) in [6.07, 6.45) is 1.80. The van der Waals surface area contributed by atoms with Crippen LogP contribution in [0.15, 0.2) is 46.9 Å². The quantitative estimate of drug-likeness (QED) is 0.774. The van der Waals surface area contributed by atoms with E-state index < -0.39 is 0 Å². The van der Waals surface area contributed by atoms with E-state index in [1.807, 2.05) is 24.3 Å². The van der Waals surface area contributed by atoms with Gasteiger partial charge in [0.2, 0.25) is 0 Å². The fourth-order valence-corrected chi connectivity index (χ4v) is 3.68. The molecule has 0 unspecified atom stereocenters. The largest absolute Gasteiger partial charge is 0.349 e. The van der Waals surface area contributed by atoms with Crippen LogP contribution < -0.4 is 5.32 Å². The van der Waals surface area contributed by atoms with Crippen LogP contribution in [0.2, 0.25) is 5.02 Å². The molecule has 1 N–H and O–H groups in total. The molecule has 1 saturated heterocycles. The van der Waals surface area contributed by atoms with Crippen LogP contribution in [0.3, 0.4) is 0 Å². The van der Waals surface area contributed by atoms with Crippen molar-refractivity contribution in [2.24, 2.45) is 0 Å². The molecule has 0 aromatic heterocycles. The van der Waals surface area contributed by atoms with Crippen molar-refractivity contribution in [3.8, 4) is 0 Å². The predicted molar refractivity (Wildman–Crippen MR) is 101 cm³/mol. The summed E-state index contributed by atoms with van der Waals surface area (Å²) in [5.41, 5.74) is 1.70. The van der Waals surface area contributed by atoms with Gasteiger partial charge in [-0.25, -0.2) is 4.39 Å². The van der Waals surface area contributed by atoms with Gasteiger partial charge in [-0.2, -0.15) is 0 Å². The molecule has 3 nitrogen and oxygen atoms in total. The summed E-state index contributed by atoms with van der Waals surface area (Å²) in [6, 6.07) is 12.2. The standard InChI is InChI=1S/C19H19BrClFN2O/c20-18-11-15(22)5-6-17(18)19(25)23-16-7-9-24(10-8-16)12-13-1-3-14(21)4-2-13/h1-6,11,16H,7-10,12H2,(H,23,25). The molecule has 6 heteroatoms. The number of hydrogen-bond acceptors (Lipinski definition) is 2. The van der Waals surface area contributed by atoms with E-state index in [1.165, 1.54) is 23.8 Å². The molecule has 0 saturated carbocycles. The monoisotopic (exact) mass is 424 g/mol. The van der Waals surface area contributed by atoms with E-state index in [0.717, 1.165) is 37.5 Å². The average Bonchev–Trinajstić information content (AvgIpc) is 2.58. The Kier molecular flexibility index (Phi) is 6.10. The van der Waals surface area contributed by atoms with Gasteiger partial charge in [-0.05, 0) is 64.7 Å². The number of nitrogens with zero attached hydrogens (tertiary/aromatic N) is 1. The number of amides is 1. The molecule has 0 spiro atoms. The number of rotatable bonds is 4. The third-order valence-electron chi connectivity index (χ3n) is 4.42. The molecule has 2 aromatic carbocycles. The summed E-state index contributed by atoms with van der Waals surface area (Å²) in [5, 5.41) is 3.80. The fraction of sp³-hybridized carbons (Fsp3) is 0.316. The van der Waals surface area contributed by atoms with Crippen molar-refractivity contribution in [3.05, 3.63) is 68.9 Å². The van der Waals surface area contributed by atoms with Gasteiger partial charge in [0.15, 0.2) is 0 Å². The first-order valence-corrected chi connectivity index (χ1v) is 9.41. The van der Waals surface area contributed by atoms with Gasteiger partial charge in [-0.15, -0.1) is 0 Å². The van der Waals surface area contributed by atoms with Crippen molar-refractivity contribution in [2.45, 2.75) is 25.4 Å². The zero-order valence-electron chi connectivity index (χ0n) is 13.6. The maximum absolute atomic E-state index is 13.1. The van der Waals surface area contributed by atoms with Gasteiger partial charge in [0, 0.05) is 35.2 Å². The van der Waals surface area contributed by atoms with Crippen molar-refractivity contribution in [3.63, 3.8) is 0 Å². The second-order valence-corrected chi connectivity index (χ2v) is 7.57. The molecule has 3 rings (SSSR count). The first kappa shape index (κ1) is 18.4. The number of carbonyl (C=O) groups excluding carboxylic acids is 1. The van der Waals surface area contributed by atoms with Gasteiger partial charge in [0.05, 0.1) is 5.56 Å². The molecule has 2 aromatic rings. The minimum atomic E-state index is -0.362. The van der Waals surface area contributed by atoms with E-state index in [-0.39, 0.29) is 17.8 Å². The van der Waals surface area contributed by atoms with E-state index in [0.29, 0.717) is 10.0 Å². The van der Waals surface area contributed by atoms with Crippen LogP contribution >= 0.6 is 27.5 Å². The number of halogens is 3. The highest BCUT2D eigenvalue weighted by atomic mass is 79.9. The van der Waals surface area contributed by atoms with E-state index in [4.69, 9.17) is 11.6 Å². The first-order chi connectivity index (χ1) is 12.0. The molecule has 1 aliphatic rings. The summed E-state index contributed by atoms with van der Waals surface area (Å²) >= 11 is 9.16. The Morgan fingerprint density at radius 2 is 1.88 bits per heavy atom. The van der Waals surface area contributed by atoms with E-state index in [9.17, 15) is 9.18 Å². The number of piperidine rings is 1. The Balaban J connectivity index is 1.50. The van der Waals surface area contributed by atoms with Crippen LogP contribution in [0.5, 0.6) is 0 Å². The number of likely N-dealkylation sites (tertiary alicyclic amines) is 1. The first-order valence-electron chi connectivity index (χ1n) is 8.24. The summed E-state index contributed by atoms with van der Waals surface area (Å²) < 4.78 is 13.6. The maximum Gasteiger partial charge on any atom is 0.252 e. The number of hydrogen-bond donors (Lipinski definition) is 1. The van der Waals surface area contributed by atoms with Gasteiger partial charge in [-0.3, -0.25) is 9.69 Å². The third kappa shape index (κ3) is 5.03. The summed E-state index contributed by atoms with van der Waals surface area (Å²) in [5.74, 6) is -0.526. The molecule has 1 amide bonds. The minimum absolute atomic E-state index is 0.144. The fourth-order valence-electron chi connectivity index (χ4n) is 3.02. The van der Waals surface area contributed by atoms with Gasteiger partial charge in [0.25, 0.3) is 5.91 Å². The molecule has 0 radical (unpaired) electrons. The second-order valence-electron chi connectivity index (χ2n) is 6.27. The minimum Gasteiger partial charge on any atom is -0.349 e. The van der Waals surface area contributed by atoms with E-state index in [1.54, 1.807) is 0 Å². The lowest BCUT2D eigenvalue weighted by atomic mass is 10.0. The lowest BCUT2D eigenvalue weighted by molar-refractivity contribution is 0.0908. The molecule has 1 aliphatic heterocycles. The molecule has 25 heavy (non-hydrogen) atoms. The van der Waals surface area contributed by atoms with Crippen LogP contribution in [-0.2, 0) is 6.54 Å². The number of benzene rings is 2. The Labute approximate surface area is 160 Å². The van der Waals surface area contributed by atoms with Gasteiger partial charge < -0.3 is 5.32 Å². The molecule has 0 bridgehead atoms. The van der Waals surface area contributed by atoms with Crippen molar-refractivity contribution in [1.82, 2.24) is 10.2 Å². The highest BCUT2D eigenvalue weighted by Gasteiger charge is 2.22. The van der Waals surface area contributed by atoms with Crippen molar-refractivity contribution in [1.29, 1.82) is 0 Å². The average molecular weight is 426 g/mol. The Bertz CT molecular complexity index is 746. The number of nitrogens with one attached hydrogen (secondary N) is 1. The van der Waals surface area contributed by atoms with Crippen LogP contribution in [0, 0.1) is 5.82 Å².